The molecule has 1 aromatic rings. The number of aromatic nitrogens is 2. The number of carbonyl (C=O) groups excluding carboxylic acids is 1. The largest absolute Gasteiger partial charge is 0.439 e. The summed E-state index contributed by atoms with van der Waals surface area (Å²) in [5.74, 6) is 0.745. The van der Waals surface area contributed by atoms with E-state index in [-0.39, 0.29) is 12.0 Å². The summed E-state index contributed by atoms with van der Waals surface area (Å²) < 4.78 is 7.37. The highest BCUT2D eigenvalue weighted by atomic mass is 16.6. The molecule has 18 heavy (non-hydrogen) atoms. The predicted molar refractivity (Wildman–Crippen MR) is 70.2 cm³/mol. The quantitative estimate of drug-likeness (QED) is 0.877. The van der Waals surface area contributed by atoms with Crippen molar-refractivity contribution in [1.29, 1.82) is 0 Å². The molecule has 0 radical (unpaired) electrons. The maximum Gasteiger partial charge on any atom is 0.407 e. The standard InChI is InChI=1S/C13H23N3O2/c1-9(2)6-16-7-11(15-8-16)12(10(3)4)18-13(17)14-5/h7-10,12H,6H2,1-5H3,(H,14,17). The highest BCUT2D eigenvalue weighted by molar-refractivity contribution is 5.67. The molecule has 5 nitrogen and oxygen atoms in total. The highest BCUT2D eigenvalue weighted by Gasteiger charge is 2.22. The second-order valence-corrected chi connectivity index (χ2v) is 5.21. The smallest absolute Gasteiger partial charge is 0.407 e. The Labute approximate surface area is 109 Å². The number of imidazole rings is 1. The van der Waals surface area contributed by atoms with Gasteiger partial charge in [-0.1, -0.05) is 27.7 Å². The van der Waals surface area contributed by atoms with Gasteiger partial charge >= 0.3 is 6.09 Å². The SMILES string of the molecule is CNC(=O)OC(c1cn(CC(C)C)cn1)C(C)C. The van der Waals surface area contributed by atoms with Crippen molar-refractivity contribution in [2.24, 2.45) is 11.8 Å². The van der Waals surface area contributed by atoms with E-state index in [2.05, 4.69) is 24.1 Å². The Hall–Kier alpha value is -1.52. The van der Waals surface area contributed by atoms with Gasteiger partial charge in [0.1, 0.15) is 6.10 Å². The monoisotopic (exact) mass is 253 g/mol. The van der Waals surface area contributed by atoms with Gasteiger partial charge in [-0.2, -0.15) is 0 Å². The molecule has 0 aliphatic carbocycles. The third-order valence-corrected chi connectivity index (χ3v) is 2.56. The van der Waals surface area contributed by atoms with Crippen LogP contribution >= 0.6 is 0 Å². The van der Waals surface area contributed by atoms with E-state index in [1.54, 1.807) is 13.4 Å². The van der Waals surface area contributed by atoms with E-state index in [4.69, 9.17) is 4.74 Å². The van der Waals surface area contributed by atoms with Crippen LogP contribution in [0, 0.1) is 11.8 Å². The van der Waals surface area contributed by atoms with E-state index >= 15 is 0 Å². The van der Waals surface area contributed by atoms with Gasteiger partial charge in [-0.3, -0.25) is 0 Å². The van der Waals surface area contributed by atoms with Crippen molar-refractivity contribution < 1.29 is 9.53 Å². The number of amides is 1. The van der Waals surface area contributed by atoms with Gasteiger partial charge in [-0.25, -0.2) is 9.78 Å². The van der Waals surface area contributed by atoms with E-state index in [1.165, 1.54) is 0 Å². The lowest BCUT2D eigenvalue weighted by Gasteiger charge is -2.19. The van der Waals surface area contributed by atoms with Gasteiger partial charge in [0.25, 0.3) is 0 Å². The maximum atomic E-state index is 11.3. The molecule has 1 amide bonds. The lowest BCUT2D eigenvalue weighted by molar-refractivity contribution is 0.0699. The number of hydrogen-bond donors (Lipinski definition) is 1. The molecule has 1 N–H and O–H groups in total. The zero-order valence-electron chi connectivity index (χ0n) is 11.8. The second-order valence-electron chi connectivity index (χ2n) is 5.21. The van der Waals surface area contributed by atoms with Gasteiger partial charge in [-0.15, -0.1) is 0 Å². The number of ether oxygens (including phenoxy) is 1. The zero-order valence-corrected chi connectivity index (χ0v) is 11.8. The molecule has 0 aliphatic heterocycles. The molecule has 0 bridgehead atoms. The average Bonchev–Trinajstić information content (AvgIpc) is 2.72. The minimum Gasteiger partial charge on any atom is -0.439 e. The van der Waals surface area contributed by atoms with Gasteiger partial charge in [-0.05, 0) is 11.8 Å². The fraction of sp³-hybridized carbons (Fsp3) is 0.692. The van der Waals surface area contributed by atoms with Crippen molar-refractivity contribution in [3.05, 3.63) is 18.2 Å². The number of carbonyl (C=O) groups is 1. The van der Waals surface area contributed by atoms with Crippen molar-refractivity contribution in [3.63, 3.8) is 0 Å². The Bertz CT molecular complexity index is 385. The number of hydrogen-bond acceptors (Lipinski definition) is 3. The molecule has 1 rings (SSSR count). The summed E-state index contributed by atoms with van der Waals surface area (Å²) in [6.07, 6.45) is 3.01. The normalized spacial score (nSPS) is 12.8. The van der Waals surface area contributed by atoms with Crippen LogP contribution in [0.2, 0.25) is 0 Å². The van der Waals surface area contributed by atoms with Gasteiger partial charge in [0.2, 0.25) is 0 Å². The second kappa shape index (κ2) is 6.42. The number of rotatable bonds is 5. The maximum absolute atomic E-state index is 11.3. The van der Waals surface area contributed by atoms with Crippen LogP contribution in [-0.4, -0.2) is 22.7 Å². The summed E-state index contributed by atoms with van der Waals surface area (Å²) in [6, 6.07) is 0. The predicted octanol–water partition coefficient (Wildman–Crippen LogP) is 2.59. The summed E-state index contributed by atoms with van der Waals surface area (Å²) >= 11 is 0. The first-order chi connectivity index (χ1) is 8.43. The van der Waals surface area contributed by atoms with E-state index in [0.717, 1.165) is 12.2 Å². The third kappa shape index (κ3) is 4.05. The number of alkyl carbamates (subject to hydrolysis) is 1. The van der Waals surface area contributed by atoms with E-state index in [1.807, 2.05) is 24.6 Å². The molecule has 0 aromatic carbocycles. The molecule has 0 spiro atoms. The number of nitrogens with zero attached hydrogens (tertiary/aromatic N) is 2. The van der Waals surface area contributed by atoms with Crippen LogP contribution in [0.15, 0.2) is 12.5 Å². The Balaban J connectivity index is 2.79. The van der Waals surface area contributed by atoms with Crippen molar-refractivity contribution in [1.82, 2.24) is 14.9 Å². The van der Waals surface area contributed by atoms with Gasteiger partial charge in [0, 0.05) is 19.8 Å². The van der Waals surface area contributed by atoms with Crippen LogP contribution in [0.3, 0.4) is 0 Å². The minimum atomic E-state index is -0.424. The van der Waals surface area contributed by atoms with Crippen molar-refractivity contribution in [3.8, 4) is 0 Å². The summed E-state index contributed by atoms with van der Waals surface area (Å²) in [5, 5.41) is 2.46. The molecule has 102 valence electrons. The molecule has 0 aliphatic rings. The first-order valence-electron chi connectivity index (χ1n) is 6.34. The lowest BCUT2D eigenvalue weighted by Crippen LogP contribution is -2.24. The molecule has 1 atom stereocenters. The van der Waals surface area contributed by atoms with Crippen LogP contribution < -0.4 is 5.32 Å². The Morgan fingerprint density at radius 2 is 2.11 bits per heavy atom. The third-order valence-electron chi connectivity index (χ3n) is 2.56. The summed E-state index contributed by atoms with van der Waals surface area (Å²) in [7, 11) is 1.55. The molecule has 1 heterocycles. The molecule has 1 aromatic heterocycles. The van der Waals surface area contributed by atoms with Gasteiger partial charge < -0.3 is 14.6 Å². The van der Waals surface area contributed by atoms with E-state index < -0.39 is 6.09 Å². The molecule has 5 heteroatoms. The summed E-state index contributed by atoms with van der Waals surface area (Å²) in [4.78, 5) is 15.7. The fourth-order valence-corrected chi connectivity index (χ4v) is 1.76. The van der Waals surface area contributed by atoms with E-state index in [0.29, 0.717) is 5.92 Å². The number of nitrogens with one attached hydrogen (secondary N) is 1. The van der Waals surface area contributed by atoms with Crippen molar-refractivity contribution in [2.75, 3.05) is 7.05 Å². The fourth-order valence-electron chi connectivity index (χ4n) is 1.76. The lowest BCUT2D eigenvalue weighted by atomic mass is 10.1. The molecule has 0 saturated carbocycles. The van der Waals surface area contributed by atoms with Crippen LogP contribution in [0.1, 0.15) is 39.5 Å². The van der Waals surface area contributed by atoms with Crippen molar-refractivity contribution >= 4 is 6.09 Å². The Morgan fingerprint density at radius 3 is 2.61 bits per heavy atom. The molecular weight excluding hydrogens is 230 g/mol. The topological polar surface area (TPSA) is 56.1 Å². The average molecular weight is 253 g/mol. The van der Waals surface area contributed by atoms with Crippen molar-refractivity contribution in [2.45, 2.75) is 40.3 Å². The van der Waals surface area contributed by atoms with Gasteiger partial charge in [0.15, 0.2) is 0 Å². The zero-order chi connectivity index (χ0) is 13.7. The Morgan fingerprint density at radius 1 is 1.44 bits per heavy atom. The summed E-state index contributed by atoms with van der Waals surface area (Å²) in [5.41, 5.74) is 0.800. The van der Waals surface area contributed by atoms with Crippen LogP contribution in [0.25, 0.3) is 0 Å². The first kappa shape index (κ1) is 14.5. The van der Waals surface area contributed by atoms with E-state index in [9.17, 15) is 4.79 Å². The molecule has 0 saturated heterocycles. The molecule has 1 unspecified atom stereocenters. The van der Waals surface area contributed by atoms with Gasteiger partial charge in [0.05, 0.1) is 12.0 Å². The van der Waals surface area contributed by atoms with Crippen LogP contribution in [0.5, 0.6) is 0 Å². The van der Waals surface area contributed by atoms with Crippen LogP contribution in [0.4, 0.5) is 4.79 Å². The summed E-state index contributed by atoms with van der Waals surface area (Å²) in [6.45, 7) is 9.24. The highest BCUT2D eigenvalue weighted by Crippen LogP contribution is 2.24. The molecular formula is C13H23N3O2. The first-order valence-corrected chi connectivity index (χ1v) is 6.34. The Kier molecular flexibility index (Phi) is 5.19. The molecule has 0 fully saturated rings. The minimum absolute atomic E-state index is 0.185. The van der Waals surface area contributed by atoms with Crippen LogP contribution in [-0.2, 0) is 11.3 Å².